The molecule has 1 aromatic rings. The Morgan fingerprint density at radius 3 is 2.20 bits per heavy atom. The molecule has 0 radical (unpaired) electrons. The number of carbonyl (C=O) groups is 2. The van der Waals surface area contributed by atoms with Gasteiger partial charge in [0.2, 0.25) is 0 Å². The average molecular weight is 274 g/mol. The molecule has 0 saturated heterocycles. The van der Waals surface area contributed by atoms with E-state index in [0.717, 1.165) is 0 Å². The summed E-state index contributed by atoms with van der Waals surface area (Å²) in [4.78, 5) is 24.7. The smallest absolute Gasteiger partial charge is 0.305 e. The number of carboxylic acids is 1. The molecule has 0 aliphatic carbocycles. The van der Waals surface area contributed by atoms with Crippen LogP contribution in [-0.4, -0.2) is 34.0 Å². The van der Waals surface area contributed by atoms with Crippen LogP contribution >= 0.6 is 0 Å². The quantitative estimate of drug-likeness (QED) is 0.913. The molecule has 0 unspecified atom stereocenters. The first kappa shape index (κ1) is 15.7. The van der Waals surface area contributed by atoms with Crippen molar-refractivity contribution in [3.63, 3.8) is 0 Å². The van der Waals surface area contributed by atoms with E-state index in [1.165, 1.54) is 4.90 Å². The highest BCUT2D eigenvalue weighted by atomic mass is 16.4. The van der Waals surface area contributed by atoms with E-state index in [4.69, 9.17) is 10.4 Å². The minimum absolute atomic E-state index is 0.0979. The zero-order chi connectivity index (χ0) is 15.3. The first-order valence-electron chi connectivity index (χ1n) is 6.29. The Morgan fingerprint density at radius 2 is 1.80 bits per heavy atom. The average Bonchev–Trinajstić information content (AvgIpc) is 2.37. The molecule has 0 aliphatic rings. The Kier molecular flexibility index (Phi) is 4.87. The maximum atomic E-state index is 12.5. The van der Waals surface area contributed by atoms with Crippen LogP contribution in [0.25, 0.3) is 0 Å². The van der Waals surface area contributed by atoms with Crippen molar-refractivity contribution in [3.8, 4) is 6.07 Å². The normalized spacial score (nSPS) is 10.7. The maximum Gasteiger partial charge on any atom is 0.305 e. The van der Waals surface area contributed by atoms with Gasteiger partial charge in [0, 0.05) is 17.6 Å². The van der Waals surface area contributed by atoms with Crippen molar-refractivity contribution in [3.05, 3.63) is 35.4 Å². The van der Waals surface area contributed by atoms with Crippen molar-refractivity contribution < 1.29 is 14.7 Å². The van der Waals surface area contributed by atoms with Crippen molar-refractivity contribution in [1.82, 2.24) is 4.90 Å². The molecule has 0 aliphatic heterocycles. The fourth-order valence-corrected chi connectivity index (χ4v) is 1.79. The molecule has 1 amide bonds. The Balaban J connectivity index is 2.97. The van der Waals surface area contributed by atoms with Gasteiger partial charge in [-0.2, -0.15) is 5.26 Å². The number of nitrogens with zero attached hydrogens (tertiary/aromatic N) is 2. The molecule has 5 nitrogen and oxygen atoms in total. The fourth-order valence-electron chi connectivity index (χ4n) is 1.79. The highest BCUT2D eigenvalue weighted by Crippen LogP contribution is 2.18. The number of rotatable bonds is 4. The van der Waals surface area contributed by atoms with Crippen molar-refractivity contribution in [1.29, 1.82) is 5.26 Å². The molecule has 106 valence electrons. The van der Waals surface area contributed by atoms with Crippen LogP contribution in [0.2, 0.25) is 0 Å². The van der Waals surface area contributed by atoms with Gasteiger partial charge in [-0.15, -0.1) is 0 Å². The number of hydrogen-bond donors (Lipinski definition) is 1. The lowest BCUT2D eigenvalue weighted by Gasteiger charge is -2.35. The lowest BCUT2D eigenvalue weighted by atomic mass is 10.0. The molecule has 20 heavy (non-hydrogen) atoms. The Labute approximate surface area is 118 Å². The van der Waals surface area contributed by atoms with Gasteiger partial charge >= 0.3 is 5.97 Å². The van der Waals surface area contributed by atoms with E-state index in [-0.39, 0.29) is 18.9 Å². The van der Waals surface area contributed by atoms with Gasteiger partial charge in [-0.1, -0.05) is 0 Å². The number of nitriles is 1. The van der Waals surface area contributed by atoms with Gasteiger partial charge in [-0.25, -0.2) is 0 Å². The molecule has 1 N–H and O–H groups in total. The Hall–Kier alpha value is -2.35. The first-order valence-corrected chi connectivity index (χ1v) is 6.29. The molecule has 0 spiro atoms. The van der Waals surface area contributed by atoms with E-state index in [9.17, 15) is 9.59 Å². The molecule has 0 saturated carbocycles. The van der Waals surface area contributed by atoms with E-state index in [2.05, 4.69) is 0 Å². The molecule has 0 aromatic heterocycles. The van der Waals surface area contributed by atoms with Crippen LogP contribution in [0, 0.1) is 11.3 Å². The number of carboxylic acid groups (broad SMARTS) is 1. The van der Waals surface area contributed by atoms with E-state index >= 15 is 0 Å². The van der Waals surface area contributed by atoms with Gasteiger partial charge in [-0.05, 0) is 45.0 Å². The second-order valence-electron chi connectivity index (χ2n) is 5.46. The molecule has 0 bridgehead atoms. The van der Waals surface area contributed by atoms with Crippen LogP contribution < -0.4 is 0 Å². The summed E-state index contributed by atoms with van der Waals surface area (Å²) in [5.74, 6) is -1.17. The van der Waals surface area contributed by atoms with Gasteiger partial charge in [-0.3, -0.25) is 9.59 Å². The van der Waals surface area contributed by atoms with Gasteiger partial charge in [0.1, 0.15) is 0 Å². The third-order valence-corrected chi connectivity index (χ3v) is 2.87. The second kappa shape index (κ2) is 6.20. The SMILES string of the molecule is CC(C)(C)N(CCC(=O)O)C(=O)c1ccc(C#N)cc1. The molecule has 1 rings (SSSR count). The summed E-state index contributed by atoms with van der Waals surface area (Å²) in [5, 5.41) is 17.5. The number of hydrogen-bond acceptors (Lipinski definition) is 3. The van der Waals surface area contributed by atoms with Gasteiger partial charge in [0.25, 0.3) is 5.91 Å². The molecule has 5 heteroatoms. The summed E-state index contributed by atoms with van der Waals surface area (Å²) >= 11 is 0. The van der Waals surface area contributed by atoms with Crippen LogP contribution in [0.15, 0.2) is 24.3 Å². The van der Waals surface area contributed by atoms with E-state index in [0.29, 0.717) is 11.1 Å². The molecular formula is C15H18N2O3. The minimum Gasteiger partial charge on any atom is -0.481 e. The third kappa shape index (κ3) is 4.09. The summed E-state index contributed by atoms with van der Waals surface area (Å²) in [6.45, 7) is 5.72. The van der Waals surface area contributed by atoms with Crippen LogP contribution in [0.3, 0.4) is 0 Å². The van der Waals surface area contributed by atoms with Crippen LogP contribution in [-0.2, 0) is 4.79 Å². The van der Waals surface area contributed by atoms with E-state index in [1.54, 1.807) is 24.3 Å². The number of carbonyl (C=O) groups excluding carboxylic acids is 1. The zero-order valence-corrected chi connectivity index (χ0v) is 11.9. The van der Waals surface area contributed by atoms with E-state index in [1.807, 2.05) is 26.8 Å². The van der Waals surface area contributed by atoms with Crippen molar-refractivity contribution in [2.75, 3.05) is 6.54 Å². The summed E-state index contributed by atoms with van der Waals surface area (Å²) in [6.07, 6.45) is -0.0979. The Bertz CT molecular complexity index is 536. The van der Waals surface area contributed by atoms with Gasteiger partial charge in [0.05, 0.1) is 18.1 Å². The van der Waals surface area contributed by atoms with E-state index < -0.39 is 11.5 Å². The van der Waals surface area contributed by atoms with Gasteiger partial charge < -0.3 is 10.0 Å². The maximum absolute atomic E-state index is 12.5. The topological polar surface area (TPSA) is 81.4 Å². The molecule has 0 fully saturated rings. The second-order valence-corrected chi connectivity index (χ2v) is 5.46. The summed E-state index contributed by atoms with van der Waals surface area (Å²) in [6, 6.07) is 8.31. The summed E-state index contributed by atoms with van der Waals surface area (Å²) < 4.78 is 0. The molecule has 1 aromatic carbocycles. The largest absolute Gasteiger partial charge is 0.481 e. The van der Waals surface area contributed by atoms with Crippen molar-refractivity contribution >= 4 is 11.9 Å². The minimum atomic E-state index is -0.938. The summed E-state index contributed by atoms with van der Waals surface area (Å²) in [5.41, 5.74) is 0.458. The predicted molar refractivity (Wildman–Crippen MR) is 74.2 cm³/mol. The van der Waals surface area contributed by atoms with Crippen LogP contribution in [0.1, 0.15) is 43.1 Å². The number of benzene rings is 1. The molecule has 0 heterocycles. The third-order valence-electron chi connectivity index (χ3n) is 2.87. The Morgan fingerprint density at radius 1 is 1.25 bits per heavy atom. The number of amides is 1. The standard InChI is InChI=1S/C15H18N2O3/c1-15(2,3)17(9-8-13(18)19)14(20)12-6-4-11(10-16)5-7-12/h4-7H,8-9H2,1-3H3,(H,18,19). The fraction of sp³-hybridized carbons (Fsp3) is 0.400. The van der Waals surface area contributed by atoms with Crippen LogP contribution in [0.4, 0.5) is 0 Å². The first-order chi connectivity index (χ1) is 9.25. The van der Waals surface area contributed by atoms with Crippen molar-refractivity contribution in [2.45, 2.75) is 32.7 Å². The van der Waals surface area contributed by atoms with Gasteiger partial charge in [0.15, 0.2) is 0 Å². The number of aliphatic carboxylic acids is 1. The zero-order valence-electron chi connectivity index (χ0n) is 11.9. The monoisotopic (exact) mass is 274 g/mol. The van der Waals surface area contributed by atoms with Crippen LogP contribution in [0.5, 0.6) is 0 Å². The molecular weight excluding hydrogens is 256 g/mol. The van der Waals surface area contributed by atoms with Crippen molar-refractivity contribution in [2.24, 2.45) is 0 Å². The lowest BCUT2D eigenvalue weighted by Crippen LogP contribution is -2.46. The molecule has 0 atom stereocenters. The predicted octanol–water partition coefficient (Wildman–Crippen LogP) is 2.27. The summed E-state index contributed by atoms with van der Waals surface area (Å²) in [7, 11) is 0. The highest BCUT2D eigenvalue weighted by Gasteiger charge is 2.27. The lowest BCUT2D eigenvalue weighted by molar-refractivity contribution is -0.137. The highest BCUT2D eigenvalue weighted by molar-refractivity contribution is 5.95.